The number of aryl methyl sites for hydroxylation is 1. The van der Waals surface area contributed by atoms with Crippen molar-refractivity contribution in [3.63, 3.8) is 0 Å². The Kier molecular flexibility index (Phi) is 3.19. The molecular formula is C14H15F2N5O. The van der Waals surface area contributed by atoms with Crippen LogP contribution in [0, 0.1) is 6.92 Å². The Hall–Kier alpha value is -2.38. The Balaban J connectivity index is 2.13. The van der Waals surface area contributed by atoms with Gasteiger partial charge in [0.15, 0.2) is 5.65 Å². The van der Waals surface area contributed by atoms with Crippen LogP contribution in [0.2, 0.25) is 0 Å². The maximum Gasteiger partial charge on any atom is 0.282 e. The van der Waals surface area contributed by atoms with E-state index in [2.05, 4.69) is 15.0 Å². The van der Waals surface area contributed by atoms with E-state index in [-0.39, 0.29) is 17.3 Å². The second-order valence-corrected chi connectivity index (χ2v) is 5.60. The van der Waals surface area contributed by atoms with Gasteiger partial charge in [0.1, 0.15) is 11.6 Å². The molecule has 2 aromatic rings. The Morgan fingerprint density at radius 2 is 2.00 bits per heavy atom. The highest BCUT2D eigenvalue weighted by atomic mass is 19.3. The summed E-state index contributed by atoms with van der Waals surface area (Å²) in [6, 6.07) is 1.61. The third-order valence-electron chi connectivity index (χ3n) is 3.45. The van der Waals surface area contributed by atoms with Crippen LogP contribution in [0.3, 0.4) is 0 Å². The highest BCUT2D eigenvalue weighted by molar-refractivity contribution is 6.01. The van der Waals surface area contributed by atoms with E-state index in [1.54, 1.807) is 33.3 Å². The van der Waals surface area contributed by atoms with E-state index in [0.717, 1.165) is 0 Å². The zero-order chi connectivity index (χ0) is 16.1. The molecule has 1 fully saturated rings. The fraction of sp³-hybridized carbons (Fsp3) is 0.429. The van der Waals surface area contributed by atoms with Crippen molar-refractivity contribution in [1.29, 1.82) is 0 Å². The number of anilines is 1. The Morgan fingerprint density at radius 3 is 2.59 bits per heavy atom. The molecule has 1 aliphatic heterocycles. The topological polar surface area (TPSA) is 62.2 Å². The molecule has 0 aromatic carbocycles. The van der Waals surface area contributed by atoms with Crippen LogP contribution in [-0.2, 0) is 0 Å². The van der Waals surface area contributed by atoms with Crippen molar-refractivity contribution in [1.82, 2.24) is 19.9 Å². The van der Waals surface area contributed by atoms with E-state index in [4.69, 9.17) is 0 Å². The molecule has 0 aliphatic carbocycles. The summed E-state index contributed by atoms with van der Waals surface area (Å²) < 4.78 is 26.3. The number of alkyl halides is 2. The lowest BCUT2D eigenvalue weighted by Crippen LogP contribution is -2.57. The minimum absolute atomic E-state index is 0.246. The van der Waals surface area contributed by atoms with Gasteiger partial charge in [0.25, 0.3) is 11.8 Å². The highest BCUT2D eigenvalue weighted by Gasteiger charge is 2.45. The minimum Gasteiger partial charge on any atom is -0.345 e. The number of rotatable bonds is 2. The molecule has 0 N–H and O–H groups in total. The molecule has 0 unspecified atom stereocenters. The molecular weight excluding hydrogens is 292 g/mol. The van der Waals surface area contributed by atoms with Crippen LogP contribution in [-0.4, -0.2) is 58.9 Å². The number of carbonyl (C=O) groups excluding carboxylic acids is 1. The summed E-state index contributed by atoms with van der Waals surface area (Å²) in [7, 11) is 3.21. The molecule has 0 spiro atoms. The number of nitrogens with zero attached hydrogens (tertiary/aromatic N) is 5. The predicted octanol–water partition coefficient (Wildman–Crippen LogP) is 1.49. The van der Waals surface area contributed by atoms with Crippen molar-refractivity contribution in [3.8, 4) is 0 Å². The number of pyridine rings is 1. The molecule has 2 aromatic heterocycles. The van der Waals surface area contributed by atoms with E-state index in [1.165, 1.54) is 9.80 Å². The fourth-order valence-electron chi connectivity index (χ4n) is 2.34. The monoisotopic (exact) mass is 307 g/mol. The van der Waals surface area contributed by atoms with E-state index < -0.39 is 19.0 Å². The van der Waals surface area contributed by atoms with E-state index in [9.17, 15) is 13.6 Å². The zero-order valence-electron chi connectivity index (χ0n) is 12.5. The normalized spacial score (nSPS) is 16.5. The number of hydrogen-bond donors (Lipinski definition) is 0. The van der Waals surface area contributed by atoms with E-state index in [0.29, 0.717) is 16.9 Å². The van der Waals surface area contributed by atoms with Crippen molar-refractivity contribution in [2.75, 3.05) is 32.1 Å². The lowest BCUT2D eigenvalue weighted by Gasteiger charge is -2.40. The molecule has 1 saturated heterocycles. The summed E-state index contributed by atoms with van der Waals surface area (Å²) in [6.07, 6.45) is 1.57. The second kappa shape index (κ2) is 4.82. The van der Waals surface area contributed by atoms with Crippen LogP contribution >= 0.6 is 0 Å². The summed E-state index contributed by atoms with van der Waals surface area (Å²) in [6.45, 7) is 0.837. The van der Waals surface area contributed by atoms with Crippen LogP contribution in [0.1, 0.15) is 16.2 Å². The third kappa shape index (κ3) is 2.44. The van der Waals surface area contributed by atoms with Crippen molar-refractivity contribution in [3.05, 3.63) is 23.7 Å². The SMILES string of the molecule is Cc1ncc2cc(C(=O)N(C)C)c(N3CC(F)(F)C3)nc2n1. The van der Waals surface area contributed by atoms with Crippen LogP contribution < -0.4 is 4.90 Å². The molecule has 0 saturated carbocycles. The number of carbonyl (C=O) groups is 1. The second-order valence-electron chi connectivity index (χ2n) is 5.60. The number of halogens is 2. The molecule has 3 rings (SSSR count). The van der Waals surface area contributed by atoms with Gasteiger partial charge in [-0.05, 0) is 13.0 Å². The van der Waals surface area contributed by atoms with Gasteiger partial charge in [0.05, 0.1) is 18.7 Å². The van der Waals surface area contributed by atoms with Gasteiger partial charge >= 0.3 is 0 Å². The van der Waals surface area contributed by atoms with Gasteiger partial charge < -0.3 is 9.80 Å². The average Bonchev–Trinajstić information content (AvgIpc) is 2.42. The number of hydrogen-bond acceptors (Lipinski definition) is 5. The standard InChI is InChI=1S/C14H15F2N5O/c1-8-17-5-9-4-10(13(22)20(2)3)12(19-11(9)18-8)21-6-14(15,16)7-21/h4-5H,6-7H2,1-3H3. The van der Waals surface area contributed by atoms with Crippen molar-refractivity contribution in [2.45, 2.75) is 12.8 Å². The number of amides is 1. The molecule has 0 radical (unpaired) electrons. The molecule has 22 heavy (non-hydrogen) atoms. The van der Waals surface area contributed by atoms with Gasteiger partial charge in [-0.1, -0.05) is 0 Å². The first-order chi connectivity index (χ1) is 10.3. The summed E-state index contributed by atoms with van der Waals surface area (Å²) in [4.78, 5) is 27.7. The van der Waals surface area contributed by atoms with Crippen molar-refractivity contribution < 1.29 is 13.6 Å². The van der Waals surface area contributed by atoms with Gasteiger partial charge in [-0.3, -0.25) is 4.79 Å². The lowest BCUT2D eigenvalue weighted by molar-refractivity contribution is -0.0267. The Bertz CT molecular complexity index is 754. The van der Waals surface area contributed by atoms with Gasteiger partial charge in [-0.2, -0.15) is 0 Å². The summed E-state index contributed by atoms with van der Waals surface area (Å²) in [5, 5.41) is 0.604. The average molecular weight is 307 g/mol. The Morgan fingerprint density at radius 1 is 1.32 bits per heavy atom. The molecule has 1 amide bonds. The molecule has 0 atom stereocenters. The highest BCUT2D eigenvalue weighted by Crippen LogP contribution is 2.34. The first-order valence-corrected chi connectivity index (χ1v) is 6.76. The molecule has 6 nitrogen and oxygen atoms in total. The molecule has 1 aliphatic rings. The van der Waals surface area contributed by atoms with Crippen LogP contribution in [0.25, 0.3) is 11.0 Å². The van der Waals surface area contributed by atoms with Gasteiger partial charge in [0.2, 0.25) is 0 Å². The molecule has 8 heteroatoms. The van der Waals surface area contributed by atoms with Gasteiger partial charge in [-0.15, -0.1) is 0 Å². The molecule has 3 heterocycles. The quantitative estimate of drug-likeness (QED) is 0.841. The molecule has 0 bridgehead atoms. The predicted molar refractivity (Wildman–Crippen MR) is 77.2 cm³/mol. The summed E-state index contributed by atoms with van der Waals surface area (Å²) >= 11 is 0. The van der Waals surface area contributed by atoms with E-state index >= 15 is 0 Å². The fourth-order valence-corrected chi connectivity index (χ4v) is 2.34. The largest absolute Gasteiger partial charge is 0.345 e. The van der Waals surface area contributed by atoms with Gasteiger partial charge in [-0.25, -0.2) is 23.7 Å². The molecule has 116 valence electrons. The van der Waals surface area contributed by atoms with Crippen molar-refractivity contribution in [2.24, 2.45) is 0 Å². The number of fused-ring (bicyclic) bond motifs is 1. The Labute approximate surface area is 125 Å². The smallest absolute Gasteiger partial charge is 0.282 e. The lowest BCUT2D eigenvalue weighted by atomic mass is 10.1. The van der Waals surface area contributed by atoms with Crippen LogP contribution in [0.4, 0.5) is 14.6 Å². The zero-order valence-corrected chi connectivity index (χ0v) is 12.5. The summed E-state index contributed by atoms with van der Waals surface area (Å²) in [5.41, 5.74) is 0.675. The van der Waals surface area contributed by atoms with E-state index in [1.807, 2.05) is 0 Å². The first kappa shape index (κ1) is 14.6. The van der Waals surface area contributed by atoms with Crippen LogP contribution in [0.5, 0.6) is 0 Å². The summed E-state index contributed by atoms with van der Waals surface area (Å²) in [5.74, 6) is -2.25. The number of aromatic nitrogens is 3. The minimum atomic E-state index is -2.74. The maximum absolute atomic E-state index is 13.2. The van der Waals surface area contributed by atoms with Crippen molar-refractivity contribution >= 4 is 22.8 Å². The van der Waals surface area contributed by atoms with Crippen LogP contribution in [0.15, 0.2) is 12.3 Å². The maximum atomic E-state index is 13.2. The third-order valence-corrected chi connectivity index (χ3v) is 3.45. The van der Waals surface area contributed by atoms with Gasteiger partial charge in [0, 0.05) is 25.7 Å². The first-order valence-electron chi connectivity index (χ1n) is 6.76.